The lowest BCUT2D eigenvalue weighted by molar-refractivity contribution is 0.753. The highest BCUT2D eigenvalue weighted by molar-refractivity contribution is 6.35. The molecule has 2 rings (SSSR count). The van der Waals surface area contributed by atoms with Crippen molar-refractivity contribution in [1.82, 2.24) is 5.32 Å². The number of hydrogen-bond donors (Lipinski definition) is 1. The first kappa shape index (κ1) is 14.9. The predicted molar refractivity (Wildman–Crippen MR) is 86.4 cm³/mol. The predicted octanol–water partition coefficient (Wildman–Crippen LogP) is 4.18. The number of nitrogens with one attached hydrogen (secondary N) is 1. The van der Waals surface area contributed by atoms with E-state index < -0.39 is 0 Å². The molecule has 0 aliphatic carbocycles. The van der Waals surface area contributed by atoms with E-state index in [9.17, 15) is 0 Å². The third kappa shape index (κ3) is 4.90. The molecule has 102 valence electrons. The molecule has 2 aromatic carbocycles. The third-order valence-electron chi connectivity index (χ3n) is 2.81. The Kier molecular flexibility index (Phi) is 5.95. The summed E-state index contributed by atoms with van der Waals surface area (Å²) in [5.41, 5.74) is 2.13. The maximum absolute atomic E-state index is 6.11. The summed E-state index contributed by atoms with van der Waals surface area (Å²) < 4.78 is 0. The third-order valence-corrected chi connectivity index (χ3v) is 3.39. The summed E-state index contributed by atoms with van der Waals surface area (Å²) in [6, 6.07) is 15.5. The van der Waals surface area contributed by atoms with Crippen molar-refractivity contribution < 1.29 is 0 Å². The van der Waals surface area contributed by atoms with Crippen molar-refractivity contribution in [3.05, 3.63) is 69.7 Å². The molecule has 0 aliphatic heterocycles. The summed E-state index contributed by atoms with van der Waals surface area (Å²) in [6.07, 6.45) is 0.864. The van der Waals surface area contributed by atoms with Gasteiger partial charge < -0.3 is 5.32 Å². The zero-order valence-corrected chi connectivity index (χ0v) is 12.5. The Balaban J connectivity index is 1.73. The quantitative estimate of drug-likeness (QED) is 0.660. The molecule has 0 saturated heterocycles. The standard InChI is InChI=1S/C17H15Cl2N/c18-16-9-8-15(17(19)13-16)10-12-20-11-4-7-14-5-2-1-3-6-14/h1-3,5-6,8-9,13,20H,10-12H2. The summed E-state index contributed by atoms with van der Waals surface area (Å²) in [5.74, 6) is 6.20. The topological polar surface area (TPSA) is 12.0 Å². The van der Waals surface area contributed by atoms with Gasteiger partial charge in [0.25, 0.3) is 0 Å². The number of hydrogen-bond acceptors (Lipinski definition) is 1. The van der Waals surface area contributed by atoms with Gasteiger partial charge in [0.1, 0.15) is 0 Å². The van der Waals surface area contributed by atoms with Crippen LogP contribution in [0.3, 0.4) is 0 Å². The van der Waals surface area contributed by atoms with Gasteiger partial charge in [-0.15, -0.1) is 0 Å². The molecule has 0 atom stereocenters. The highest BCUT2D eigenvalue weighted by Gasteiger charge is 2.00. The Hall–Kier alpha value is -1.46. The van der Waals surface area contributed by atoms with Crippen molar-refractivity contribution in [3.63, 3.8) is 0 Å². The lowest BCUT2D eigenvalue weighted by Gasteiger charge is -2.04. The molecule has 20 heavy (non-hydrogen) atoms. The fraction of sp³-hybridized carbons (Fsp3) is 0.176. The summed E-state index contributed by atoms with van der Waals surface area (Å²) in [6.45, 7) is 1.50. The molecule has 0 radical (unpaired) electrons. The van der Waals surface area contributed by atoms with Crippen LogP contribution in [-0.2, 0) is 6.42 Å². The highest BCUT2D eigenvalue weighted by Crippen LogP contribution is 2.20. The Morgan fingerprint density at radius 1 is 1.00 bits per heavy atom. The van der Waals surface area contributed by atoms with Crippen LogP contribution in [0.15, 0.2) is 48.5 Å². The molecule has 0 heterocycles. The second-order valence-electron chi connectivity index (χ2n) is 4.33. The van der Waals surface area contributed by atoms with E-state index in [1.807, 2.05) is 42.5 Å². The Morgan fingerprint density at radius 3 is 2.55 bits per heavy atom. The van der Waals surface area contributed by atoms with Crippen LogP contribution in [-0.4, -0.2) is 13.1 Å². The SMILES string of the molecule is Clc1ccc(CCNCC#Cc2ccccc2)c(Cl)c1. The van der Waals surface area contributed by atoms with Gasteiger partial charge in [0, 0.05) is 22.2 Å². The highest BCUT2D eigenvalue weighted by atomic mass is 35.5. The summed E-state index contributed by atoms with van der Waals surface area (Å²) in [4.78, 5) is 0. The van der Waals surface area contributed by atoms with Crippen molar-refractivity contribution in [3.8, 4) is 11.8 Å². The molecule has 1 N–H and O–H groups in total. The second kappa shape index (κ2) is 7.97. The molecule has 2 aromatic rings. The van der Waals surface area contributed by atoms with Crippen LogP contribution in [0.25, 0.3) is 0 Å². The molecule has 0 saturated carbocycles. The monoisotopic (exact) mass is 303 g/mol. The second-order valence-corrected chi connectivity index (χ2v) is 5.17. The average Bonchev–Trinajstić information content (AvgIpc) is 2.46. The smallest absolute Gasteiger partial charge is 0.0580 e. The van der Waals surface area contributed by atoms with Crippen molar-refractivity contribution in [2.24, 2.45) is 0 Å². The first-order valence-corrected chi connectivity index (χ1v) is 7.20. The van der Waals surface area contributed by atoms with E-state index in [4.69, 9.17) is 23.2 Å². The first-order chi connectivity index (χ1) is 9.75. The van der Waals surface area contributed by atoms with Gasteiger partial charge in [-0.2, -0.15) is 0 Å². The molecule has 0 bridgehead atoms. The maximum atomic E-state index is 6.11. The number of benzene rings is 2. The molecule has 0 fully saturated rings. The minimum atomic E-state index is 0.667. The largest absolute Gasteiger partial charge is 0.306 e. The Bertz CT molecular complexity index is 612. The molecule has 3 heteroatoms. The van der Waals surface area contributed by atoms with Crippen molar-refractivity contribution in [1.29, 1.82) is 0 Å². The fourth-order valence-electron chi connectivity index (χ4n) is 1.77. The Labute approximate surface area is 129 Å². The van der Waals surface area contributed by atoms with E-state index in [1.165, 1.54) is 0 Å². The van der Waals surface area contributed by atoms with Crippen LogP contribution in [0.5, 0.6) is 0 Å². The Morgan fingerprint density at radius 2 is 1.80 bits per heavy atom. The van der Waals surface area contributed by atoms with Crippen LogP contribution >= 0.6 is 23.2 Å². The minimum absolute atomic E-state index is 0.667. The van der Waals surface area contributed by atoms with E-state index in [1.54, 1.807) is 6.07 Å². The average molecular weight is 304 g/mol. The van der Waals surface area contributed by atoms with E-state index in [-0.39, 0.29) is 0 Å². The van der Waals surface area contributed by atoms with E-state index in [2.05, 4.69) is 17.2 Å². The van der Waals surface area contributed by atoms with Gasteiger partial charge in [-0.3, -0.25) is 0 Å². The molecule has 0 amide bonds. The summed E-state index contributed by atoms with van der Waals surface area (Å²) >= 11 is 12.0. The molecule has 0 aromatic heterocycles. The normalized spacial score (nSPS) is 9.90. The number of halogens is 2. The number of rotatable bonds is 4. The summed E-state index contributed by atoms with van der Waals surface area (Å²) in [5, 5.41) is 4.67. The summed E-state index contributed by atoms with van der Waals surface area (Å²) in [7, 11) is 0. The van der Waals surface area contributed by atoms with Gasteiger partial charge in [-0.25, -0.2) is 0 Å². The van der Waals surface area contributed by atoms with Gasteiger partial charge >= 0.3 is 0 Å². The molecule has 0 spiro atoms. The molecule has 0 aliphatic rings. The lowest BCUT2D eigenvalue weighted by atomic mass is 10.1. The van der Waals surface area contributed by atoms with Crippen molar-refractivity contribution in [2.75, 3.05) is 13.1 Å². The zero-order valence-electron chi connectivity index (χ0n) is 11.0. The fourth-order valence-corrected chi connectivity index (χ4v) is 2.27. The lowest BCUT2D eigenvalue weighted by Crippen LogP contribution is -2.17. The molecule has 1 nitrogen and oxygen atoms in total. The first-order valence-electron chi connectivity index (χ1n) is 6.44. The molecule has 0 unspecified atom stereocenters. The van der Waals surface area contributed by atoms with Gasteiger partial charge in [-0.05, 0) is 36.2 Å². The molecular formula is C17H15Cl2N. The van der Waals surface area contributed by atoms with Crippen LogP contribution in [0.4, 0.5) is 0 Å². The van der Waals surface area contributed by atoms with Crippen LogP contribution in [0, 0.1) is 11.8 Å². The van der Waals surface area contributed by atoms with Crippen molar-refractivity contribution in [2.45, 2.75) is 6.42 Å². The van der Waals surface area contributed by atoms with E-state index >= 15 is 0 Å². The zero-order chi connectivity index (χ0) is 14.2. The maximum Gasteiger partial charge on any atom is 0.0580 e. The van der Waals surface area contributed by atoms with Crippen LogP contribution in [0.2, 0.25) is 10.0 Å². The van der Waals surface area contributed by atoms with Gasteiger partial charge in [0.05, 0.1) is 6.54 Å². The van der Waals surface area contributed by atoms with Crippen molar-refractivity contribution >= 4 is 23.2 Å². The van der Waals surface area contributed by atoms with Crippen LogP contribution < -0.4 is 5.32 Å². The minimum Gasteiger partial charge on any atom is -0.306 e. The van der Waals surface area contributed by atoms with E-state index in [0.717, 1.165) is 29.1 Å². The van der Waals surface area contributed by atoms with Crippen LogP contribution in [0.1, 0.15) is 11.1 Å². The van der Waals surface area contributed by atoms with Gasteiger partial charge in [0.15, 0.2) is 0 Å². The van der Waals surface area contributed by atoms with E-state index in [0.29, 0.717) is 11.6 Å². The molecular weight excluding hydrogens is 289 g/mol. The van der Waals surface area contributed by atoms with Gasteiger partial charge in [0.2, 0.25) is 0 Å². The van der Waals surface area contributed by atoms with Gasteiger partial charge in [-0.1, -0.05) is 59.3 Å².